The molecular weight excluding hydrogens is 405 g/mol. The Kier molecular flexibility index (Phi) is 5.17. The summed E-state index contributed by atoms with van der Waals surface area (Å²) in [5, 5.41) is 13.1. The average Bonchev–Trinajstić information content (AvgIpc) is 2.91. The number of esters is 1. The van der Waals surface area contributed by atoms with E-state index in [1.807, 2.05) is 0 Å². The first-order chi connectivity index (χ1) is 12.3. The van der Waals surface area contributed by atoms with Crippen molar-refractivity contribution >= 4 is 33.6 Å². The maximum Gasteiger partial charge on any atom is 0.340 e. The monoisotopic (exact) mass is 421 g/mol. The third-order valence-electron chi connectivity index (χ3n) is 4.09. The highest BCUT2D eigenvalue weighted by Crippen LogP contribution is 2.37. The molecule has 2 aliphatic rings. The van der Waals surface area contributed by atoms with Crippen LogP contribution >= 0.6 is 15.9 Å². The number of nitrogens with zero attached hydrogens (tertiary/aromatic N) is 3. The van der Waals surface area contributed by atoms with Gasteiger partial charge in [-0.25, -0.2) is 9.04 Å². The molecule has 1 aromatic rings. The summed E-state index contributed by atoms with van der Waals surface area (Å²) in [4.78, 5) is 20.2. The number of ether oxygens (including phenoxy) is 1. The molecule has 26 heavy (non-hydrogen) atoms. The Morgan fingerprint density at radius 2 is 2.08 bits per heavy atom. The topological polar surface area (TPSA) is 74.1 Å². The Morgan fingerprint density at radius 3 is 2.77 bits per heavy atom. The maximum absolute atomic E-state index is 13.9. The van der Waals surface area contributed by atoms with Gasteiger partial charge in [0, 0.05) is 27.9 Å². The number of allylic oxidation sites excluding steroid dienone is 1. The van der Waals surface area contributed by atoms with Crippen molar-refractivity contribution in [2.24, 2.45) is 9.98 Å². The predicted molar refractivity (Wildman–Crippen MR) is 99.6 cm³/mol. The Hall–Kier alpha value is -2.16. The summed E-state index contributed by atoms with van der Waals surface area (Å²) in [6.07, 6.45) is 1.46. The summed E-state index contributed by atoms with van der Waals surface area (Å²) in [5.74, 6) is -0.794. The lowest BCUT2D eigenvalue weighted by molar-refractivity contribution is -0.676. The van der Waals surface area contributed by atoms with E-state index in [4.69, 9.17) is 4.74 Å². The molecule has 8 heteroatoms. The molecule has 2 heterocycles. The highest BCUT2D eigenvalue weighted by molar-refractivity contribution is 9.11. The zero-order valence-corrected chi connectivity index (χ0v) is 15.9. The molecule has 0 spiro atoms. The molecule has 0 amide bonds. The minimum atomic E-state index is -0.999. The number of rotatable bonds is 5. The summed E-state index contributed by atoms with van der Waals surface area (Å²) in [6, 6.07) is 6.42. The Bertz CT molecular complexity index is 891. The Labute approximate surface area is 158 Å². The predicted octanol–water partition coefficient (Wildman–Crippen LogP) is 3.93. The third kappa shape index (κ3) is 3.40. The second-order valence-electron chi connectivity index (χ2n) is 5.91. The Morgan fingerprint density at radius 1 is 1.35 bits per heavy atom. The molecule has 2 aliphatic heterocycles. The molecule has 0 fully saturated rings. The molecule has 0 radical (unpaired) electrons. The minimum absolute atomic E-state index is 0.00638. The van der Waals surface area contributed by atoms with E-state index in [2.05, 4.69) is 25.9 Å². The van der Waals surface area contributed by atoms with Gasteiger partial charge >= 0.3 is 11.9 Å². The highest BCUT2D eigenvalue weighted by Gasteiger charge is 2.40. The van der Waals surface area contributed by atoms with Crippen LogP contribution in [-0.2, 0) is 16.0 Å². The largest absolute Gasteiger partial charge is 0.614 e. The quantitative estimate of drug-likeness (QED) is 0.312. The van der Waals surface area contributed by atoms with Crippen LogP contribution in [0.2, 0.25) is 0 Å². The molecule has 0 aliphatic carbocycles. The molecule has 1 atom stereocenters. The van der Waals surface area contributed by atoms with Crippen LogP contribution in [0.4, 0.5) is 4.39 Å². The van der Waals surface area contributed by atoms with Crippen LogP contribution < -0.4 is 0 Å². The van der Waals surface area contributed by atoms with E-state index in [1.54, 1.807) is 32.0 Å². The molecule has 3 rings (SSSR count). The lowest BCUT2D eigenvalue weighted by Gasteiger charge is -2.36. The van der Waals surface area contributed by atoms with Crippen LogP contribution in [0.15, 0.2) is 56.3 Å². The standard InChI is InChI=1S/C18H17BrFN3O3/c1-3-26-16(24)9-13-10-23(25)17(19)11(2)15(22-18(23)21-13)8-12-6-4-5-7-14(12)20/h4-7,10H,3,8-9H2,1-2H3. The molecule has 1 unspecified atom stereocenters. The van der Waals surface area contributed by atoms with Gasteiger partial charge in [0.1, 0.15) is 17.7 Å². The van der Waals surface area contributed by atoms with Crippen LogP contribution in [-0.4, -0.2) is 28.9 Å². The molecule has 136 valence electrons. The number of aliphatic imine (C=N–C) groups is 2. The van der Waals surface area contributed by atoms with E-state index < -0.39 is 10.6 Å². The summed E-state index contributed by atoms with van der Waals surface area (Å²) < 4.78 is 18.2. The number of hydroxylamine groups is 3. The summed E-state index contributed by atoms with van der Waals surface area (Å²) in [6.45, 7) is 3.71. The van der Waals surface area contributed by atoms with Gasteiger partial charge in [0.15, 0.2) is 4.61 Å². The second-order valence-corrected chi connectivity index (χ2v) is 6.67. The molecule has 0 bridgehead atoms. The van der Waals surface area contributed by atoms with Gasteiger partial charge in [0.25, 0.3) is 0 Å². The lowest BCUT2D eigenvalue weighted by atomic mass is 10.0. The van der Waals surface area contributed by atoms with Gasteiger partial charge in [-0.05, 0) is 25.5 Å². The van der Waals surface area contributed by atoms with Crippen LogP contribution in [0, 0.1) is 11.0 Å². The van der Waals surface area contributed by atoms with Crippen LogP contribution in [0.25, 0.3) is 0 Å². The van der Waals surface area contributed by atoms with Gasteiger partial charge in [-0.2, -0.15) is 9.98 Å². The van der Waals surface area contributed by atoms with Crippen LogP contribution in [0.5, 0.6) is 0 Å². The van der Waals surface area contributed by atoms with Gasteiger partial charge in [-0.15, -0.1) is 0 Å². The van der Waals surface area contributed by atoms with E-state index in [0.29, 0.717) is 27.2 Å². The fourth-order valence-corrected chi connectivity index (χ4v) is 3.24. The van der Waals surface area contributed by atoms with Gasteiger partial charge in [0.05, 0.1) is 18.7 Å². The van der Waals surface area contributed by atoms with E-state index in [0.717, 1.165) is 0 Å². The number of quaternary nitrogens is 1. The normalized spacial score (nSPS) is 21.8. The number of hydrogen-bond acceptors (Lipinski definition) is 5. The summed E-state index contributed by atoms with van der Waals surface area (Å²) in [7, 11) is 0. The molecule has 0 aromatic heterocycles. The van der Waals surface area contributed by atoms with E-state index in [1.165, 1.54) is 12.3 Å². The van der Waals surface area contributed by atoms with Crippen molar-refractivity contribution in [3.63, 3.8) is 0 Å². The number of benzene rings is 1. The zero-order chi connectivity index (χ0) is 18.9. The van der Waals surface area contributed by atoms with Gasteiger partial charge in [-0.1, -0.05) is 18.2 Å². The summed E-state index contributed by atoms with van der Waals surface area (Å²) in [5.41, 5.74) is 1.95. The zero-order valence-electron chi connectivity index (χ0n) is 14.3. The molecule has 0 N–H and O–H groups in total. The van der Waals surface area contributed by atoms with Crippen molar-refractivity contribution in [1.29, 1.82) is 0 Å². The fourth-order valence-electron chi connectivity index (χ4n) is 2.76. The van der Waals surface area contributed by atoms with Crippen molar-refractivity contribution < 1.29 is 18.6 Å². The van der Waals surface area contributed by atoms with Crippen LogP contribution in [0.1, 0.15) is 25.8 Å². The first kappa shape index (κ1) is 18.6. The van der Waals surface area contributed by atoms with Crippen molar-refractivity contribution in [3.8, 4) is 0 Å². The maximum atomic E-state index is 13.9. The highest BCUT2D eigenvalue weighted by atomic mass is 79.9. The number of fused-ring (bicyclic) bond motifs is 1. The minimum Gasteiger partial charge on any atom is -0.614 e. The molecular formula is C18H17BrFN3O3. The van der Waals surface area contributed by atoms with Crippen molar-refractivity contribution in [2.75, 3.05) is 6.61 Å². The first-order valence-corrected chi connectivity index (χ1v) is 8.89. The Balaban J connectivity index is 1.92. The van der Waals surface area contributed by atoms with Crippen molar-refractivity contribution in [2.45, 2.75) is 26.7 Å². The average molecular weight is 422 g/mol. The third-order valence-corrected chi connectivity index (χ3v) is 5.21. The van der Waals surface area contributed by atoms with Crippen LogP contribution in [0.3, 0.4) is 0 Å². The molecule has 0 saturated heterocycles. The number of guanidine groups is 1. The molecule has 6 nitrogen and oxygen atoms in total. The van der Waals surface area contributed by atoms with Crippen molar-refractivity contribution in [1.82, 2.24) is 0 Å². The lowest BCUT2D eigenvalue weighted by Crippen LogP contribution is -2.41. The smallest absolute Gasteiger partial charge is 0.340 e. The van der Waals surface area contributed by atoms with Crippen molar-refractivity contribution in [3.05, 3.63) is 62.9 Å². The van der Waals surface area contributed by atoms with Gasteiger partial charge in [-0.3, -0.25) is 4.79 Å². The van der Waals surface area contributed by atoms with E-state index >= 15 is 0 Å². The second kappa shape index (κ2) is 7.22. The van der Waals surface area contributed by atoms with Gasteiger partial charge < -0.3 is 9.94 Å². The molecule has 0 saturated carbocycles. The number of hydrogen-bond donors (Lipinski definition) is 0. The molecule has 1 aromatic carbocycles. The number of carbonyl (C=O) groups is 1. The fraction of sp³-hybridized carbons (Fsp3) is 0.278. The first-order valence-electron chi connectivity index (χ1n) is 8.09. The number of halogens is 2. The summed E-state index contributed by atoms with van der Waals surface area (Å²) >= 11 is 3.34. The van der Waals surface area contributed by atoms with Gasteiger partial charge in [0.2, 0.25) is 0 Å². The van der Waals surface area contributed by atoms with E-state index in [-0.39, 0.29) is 31.2 Å². The number of carbonyl (C=O) groups excluding carboxylic acids is 1. The SMILES string of the molecule is CCOC(=O)CC1=C[N+]2([O-])C(=N1)N=C(Cc1ccccc1F)C(C)=C2Br. The van der Waals surface area contributed by atoms with E-state index in [9.17, 15) is 14.4 Å².